The van der Waals surface area contributed by atoms with Gasteiger partial charge in [0.2, 0.25) is 5.78 Å². The van der Waals surface area contributed by atoms with E-state index in [2.05, 4.69) is 36.8 Å². The third-order valence-corrected chi connectivity index (χ3v) is 6.71. The lowest BCUT2D eigenvalue weighted by Gasteiger charge is -1.99. The molecule has 1 aromatic heterocycles. The van der Waals surface area contributed by atoms with E-state index in [1.54, 1.807) is 36.4 Å². The third-order valence-electron chi connectivity index (χ3n) is 3.44. The van der Waals surface area contributed by atoms with Gasteiger partial charge in [-0.2, -0.15) is 0 Å². The number of benzene rings is 2. The summed E-state index contributed by atoms with van der Waals surface area (Å²) in [5.41, 5.74) is 7.09. The lowest BCUT2D eigenvalue weighted by molar-refractivity contribution is 0.101. The Labute approximate surface area is 175 Å². The molecule has 26 heavy (non-hydrogen) atoms. The first-order chi connectivity index (χ1) is 12.4. The monoisotopic (exact) mass is 510 g/mol. The van der Waals surface area contributed by atoms with Gasteiger partial charge >= 0.3 is 0 Å². The average molecular weight is 512 g/mol. The minimum Gasteiger partial charge on any atom is -0.382 e. The van der Waals surface area contributed by atoms with E-state index in [1.165, 1.54) is 23.1 Å². The fraction of sp³-hybridized carbons (Fsp3) is 0.0556. The summed E-state index contributed by atoms with van der Waals surface area (Å²) >= 11 is 9.18. The van der Waals surface area contributed by atoms with Crippen molar-refractivity contribution in [2.45, 2.75) is 4.34 Å². The highest BCUT2D eigenvalue weighted by Crippen LogP contribution is 2.31. The first-order valence-corrected chi connectivity index (χ1v) is 10.8. The number of aromatic nitrogens is 1. The van der Waals surface area contributed by atoms with Crippen molar-refractivity contribution in [3.8, 4) is 0 Å². The summed E-state index contributed by atoms with van der Waals surface area (Å²) in [5.74, 6) is 0.262. The van der Waals surface area contributed by atoms with Gasteiger partial charge in [0.05, 0.1) is 5.75 Å². The van der Waals surface area contributed by atoms with Crippen molar-refractivity contribution >= 4 is 72.3 Å². The van der Waals surface area contributed by atoms with Crippen molar-refractivity contribution < 1.29 is 9.59 Å². The second-order valence-corrected chi connectivity index (χ2v) is 9.30. The quantitative estimate of drug-likeness (QED) is 0.351. The zero-order valence-electron chi connectivity index (χ0n) is 13.2. The van der Waals surface area contributed by atoms with E-state index in [0.717, 1.165) is 8.95 Å². The summed E-state index contributed by atoms with van der Waals surface area (Å²) in [5, 5.41) is 0. The van der Waals surface area contributed by atoms with E-state index in [1.807, 2.05) is 12.1 Å². The Morgan fingerprint density at radius 2 is 1.50 bits per heavy atom. The minimum atomic E-state index is -0.168. The standard InChI is InChI=1S/C18H12Br2N2O2S2/c19-12-5-1-10(2-6-12)14(23)9-25-18-22-17(21)16(26-18)15(24)11-3-7-13(20)8-4-11/h1-8H,9,21H2. The molecule has 0 aliphatic carbocycles. The Bertz CT molecular complexity index is 954. The number of nitrogens with two attached hydrogens (primary N) is 1. The van der Waals surface area contributed by atoms with Crippen molar-refractivity contribution in [2.24, 2.45) is 0 Å². The molecular formula is C18H12Br2N2O2S2. The maximum atomic E-state index is 12.6. The average Bonchev–Trinajstić information content (AvgIpc) is 3.01. The topological polar surface area (TPSA) is 73.0 Å². The molecule has 3 aromatic rings. The van der Waals surface area contributed by atoms with Crippen LogP contribution in [0.3, 0.4) is 0 Å². The molecule has 1 heterocycles. The highest BCUT2D eigenvalue weighted by Gasteiger charge is 2.19. The van der Waals surface area contributed by atoms with Crippen LogP contribution in [0.1, 0.15) is 25.6 Å². The second-order valence-electron chi connectivity index (χ2n) is 5.25. The first kappa shape index (κ1) is 19.3. The summed E-state index contributed by atoms with van der Waals surface area (Å²) in [4.78, 5) is 29.4. The van der Waals surface area contributed by atoms with Gasteiger partial charge in [0.25, 0.3) is 0 Å². The highest BCUT2D eigenvalue weighted by atomic mass is 79.9. The lowest BCUT2D eigenvalue weighted by Crippen LogP contribution is -2.02. The number of carbonyl (C=O) groups excluding carboxylic acids is 2. The predicted octanol–water partition coefficient (Wildman–Crippen LogP) is 5.46. The van der Waals surface area contributed by atoms with Gasteiger partial charge in [-0.25, -0.2) is 4.98 Å². The SMILES string of the molecule is Nc1nc(SCC(=O)c2ccc(Br)cc2)sc1C(=O)c1ccc(Br)cc1. The number of anilines is 1. The van der Waals surface area contributed by atoms with E-state index < -0.39 is 0 Å². The maximum Gasteiger partial charge on any atom is 0.206 e. The van der Waals surface area contributed by atoms with Crippen LogP contribution in [0.5, 0.6) is 0 Å². The molecule has 0 amide bonds. The molecule has 3 rings (SSSR count). The molecule has 0 spiro atoms. The lowest BCUT2D eigenvalue weighted by atomic mass is 10.1. The molecule has 0 atom stereocenters. The molecule has 0 fully saturated rings. The van der Waals surface area contributed by atoms with Crippen LogP contribution in [-0.2, 0) is 0 Å². The van der Waals surface area contributed by atoms with Gasteiger partial charge in [-0.3, -0.25) is 9.59 Å². The van der Waals surface area contributed by atoms with Gasteiger partial charge in [0.1, 0.15) is 10.7 Å². The number of nitrogens with zero attached hydrogens (tertiary/aromatic N) is 1. The molecule has 0 aliphatic heterocycles. The summed E-state index contributed by atoms with van der Waals surface area (Å²) in [7, 11) is 0. The Kier molecular flexibility index (Phi) is 6.29. The number of thioether (sulfide) groups is 1. The zero-order valence-corrected chi connectivity index (χ0v) is 18.0. The van der Waals surface area contributed by atoms with Gasteiger partial charge in [0, 0.05) is 20.1 Å². The molecule has 0 bridgehead atoms. The molecule has 2 aromatic carbocycles. The number of Topliss-reactive ketones (excluding diaryl/α,β-unsaturated/α-hetero) is 1. The van der Waals surface area contributed by atoms with Crippen molar-refractivity contribution in [2.75, 3.05) is 11.5 Å². The van der Waals surface area contributed by atoms with Crippen LogP contribution < -0.4 is 5.73 Å². The summed E-state index contributed by atoms with van der Waals surface area (Å²) in [6.07, 6.45) is 0. The highest BCUT2D eigenvalue weighted by molar-refractivity contribution is 9.10. The third kappa shape index (κ3) is 4.62. The van der Waals surface area contributed by atoms with Crippen molar-refractivity contribution in [3.05, 3.63) is 73.5 Å². The first-order valence-electron chi connectivity index (χ1n) is 7.42. The number of thiazole rings is 1. The molecule has 132 valence electrons. The molecule has 0 aliphatic rings. The Hall–Kier alpha value is -1.48. The van der Waals surface area contributed by atoms with Gasteiger partial charge in [-0.15, -0.1) is 11.3 Å². The van der Waals surface area contributed by atoms with Crippen LogP contribution in [0.2, 0.25) is 0 Å². The minimum absolute atomic E-state index is 0.00272. The molecule has 0 saturated carbocycles. The van der Waals surface area contributed by atoms with Crippen LogP contribution in [0.25, 0.3) is 0 Å². The number of ketones is 2. The maximum absolute atomic E-state index is 12.6. The van der Waals surface area contributed by atoms with Gasteiger partial charge < -0.3 is 5.73 Å². The van der Waals surface area contributed by atoms with Gasteiger partial charge in [-0.05, 0) is 36.4 Å². The molecule has 0 saturated heterocycles. The normalized spacial score (nSPS) is 10.7. The van der Waals surface area contributed by atoms with Crippen molar-refractivity contribution in [1.82, 2.24) is 4.98 Å². The number of hydrogen-bond acceptors (Lipinski definition) is 6. The van der Waals surface area contributed by atoms with E-state index >= 15 is 0 Å². The molecule has 0 radical (unpaired) electrons. The van der Waals surface area contributed by atoms with Gasteiger partial charge in [-0.1, -0.05) is 55.8 Å². The fourth-order valence-corrected chi connectivity index (χ4v) is 4.57. The van der Waals surface area contributed by atoms with Gasteiger partial charge in [0.15, 0.2) is 10.1 Å². The van der Waals surface area contributed by atoms with Crippen LogP contribution in [-0.4, -0.2) is 22.3 Å². The van der Waals surface area contributed by atoms with E-state index in [0.29, 0.717) is 20.3 Å². The zero-order chi connectivity index (χ0) is 18.7. The van der Waals surface area contributed by atoms with E-state index in [4.69, 9.17) is 5.73 Å². The molecule has 4 nitrogen and oxygen atoms in total. The number of halogens is 2. The number of hydrogen-bond donors (Lipinski definition) is 1. The van der Waals surface area contributed by atoms with Crippen LogP contribution in [0, 0.1) is 0 Å². The molecule has 2 N–H and O–H groups in total. The summed E-state index contributed by atoms with van der Waals surface area (Å²) in [6, 6.07) is 14.3. The molecular weight excluding hydrogens is 500 g/mol. The Morgan fingerprint density at radius 1 is 0.962 bits per heavy atom. The fourth-order valence-electron chi connectivity index (χ4n) is 2.11. The Balaban J connectivity index is 1.70. The predicted molar refractivity (Wildman–Crippen MR) is 113 cm³/mol. The summed E-state index contributed by atoms with van der Waals surface area (Å²) in [6.45, 7) is 0. The second kappa shape index (κ2) is 8.47. The number of carbonyl (C=O) groups is 2. The van der Waals surface area contributed by atoms with E-state index in [9.17, 15) is 9.59 Å². The molecule has 8 heteroatoms. The van der Waals surface area contributed by atoms with Crippen LogP contribution in [0.4, 0.5) is 5.82 Å². The number of nitrogen functional groups attached to an aromatic ring is 1. The van der Waals surface area contributed by atoms with Crippen molar-refractivity contribution in [3.63, 3.8) is 0 Å². The summed E-state index contributed by atoms with van der Waals surface area (Å²) < 4.78 is 2.42. The largest absolute Gasteiger partial charge is 0.382 e. The molecule has 0 unspecified atom stereocenters. The smallest absolute Gasteiger partial charge is 0.206 e. The Morgan fingerprint density at radius 3 is 2.08 bits per heavy atom. The van der Waals surface area contributed by atoms with Crippen LogP contribution in [0.15, 0.2) is 61.8 Å². The van der Waals surface area contributed by atoms with E-state index in [-0.39, 0.29) is 23.1 Å². The number of rotatable bonds is 6. The van der Waals surface area contributed by atoms with Crippen LogP contribution >= 0.6 is 55.0 Å². The van der Waals surface area contributed by atoms with Crippen molar-refractivity contribution in [1.29, 1.82) is 0 Å².